The summed E-state index contributed by atoms with van der Waals surface area (Å²) in [6.45, 7) is 3.28. The molecule has 0 saturated carbocycles. The molecule has 0 aromatic heterocycles. The van der Waals surface area contributed by atoms with E-state index in [0.29, 0.717) is 11.3 Å². The van der Waals surface area contributed by atoms with Crippen LogP contribution in [0.25, 0.3) is 6.08 Å². The van der Waals surface area contributed by atoms with Crippen molar-refractivity contribution in [2.45, 2.75) is 32.0 Å². The van der Waals surface area contributed by atoms with E-state index in [-0.39, 0.29) is 29.3 Å². The molecule has 0 fully saturated rings. The zero-order valence-electron chi connectivity index (χ0n) is 15.0. The number of carbonyl (C=O) groups is 1. The summed E-state index contributed by atoms with van der Waals surface area (Å²) in [5.74, 6) is 0.266. The zero-order valence-corrected chi connectivity index (χ0v) is 15.0. The number of aliphatic hydroxyl groups is 1. The maximum absolute atomic E-state index is 12.7. The van der Waals surface area contributed by atoms with Gasteiger partial charge in [-0.05, 0) is 25.5 Å². The molecule has 0 radical (unpaired) electrons. The van der Waals surface area contributed by atoms with Gasteiger partial charge in [0, 0.05) is 6.07 Å². The maximum Gasteiger partial charge on any atom is 0.174 e. The van der Waals surface area contributed by atoms with Crippen LogP contribution in [0.4, 0.5) is 0 Å². The van der Waals surface area contributed by atoms with Gasteiger partial charge in [-0.3, -0.25) is 4.79 Å². The highest BCUT2D eigenvalue weighted by molar-refractivity contribution is 6.04. The predicted molar refractivity (Wildman–Crippen MR) is 98.7 cm³/mol. The van der Waals surface area contributed by atoms with Gasteiger partial charge < -0.3 is 19.7 Å². The standard InChI is InChI=1S/C21H22O5/c1-21(2,24)10-9-14-18(25-3)12-16(23)19-15(22)11-17(26-20(14)19)13-7-5-4-6-8-13/h4-10,12,17,23-24H,11H2,1-3H3/b10-9+/t17-/m0/s1. The van der Waals surface area contributed by atoms with Gasteiger partial charge in [-0.25, -0.2) is 0 Å². The molecule has 1 aliphatic rings. The molecule has 0 aliphatic carbocycles. The van der Waals surface area contributed by atoms with E-state index in [2.05, 4.69) is 0 Å². The highest BCUT2D eigenvalue weighted by Gasteiger charge is 2.33. The minimum absolute atomic E-state index is 0.144. The molecule has 5 nitrogen and oxygen atoms in total. The molecular formula is C21H22O5. The van der Waals surface area contributed by atoms with Gasteiger partial charge in [-0.1, -0.05) is 36.4 Å². The molecule has 0 bridgehead atoms. The van der Waals surface area contributed by atoms with Gasteiger partial charge in [-0.2, -0.15) is 0 Å². The first-order chi connectivity index (χ1) is 12.3. The number of hydrogen-bond donors (Lipinski definition) is 2. The van der Waals surface area contributed by atoms with Gasteiger partial charge >= 0.3 is 0 Å². The van der Waals surface area contributed by atoms with Crippen LogP contribution in [0.5, 0.6) is 17.2 Å². The van der Waals surface area contributed by atoms with Crippen LogP contribution >= 0.6 is 0 Å². The Labute approximate surface area is 152 Å². The van der Waals surface area contributed by atoms with E-state index < -0.39 is 11.7 Å². The summed E-state index contributed by atoms with van der Waals surface area (Å²) in [5.41, 5.74) is 0.490. The van der Waals surface area contributed by atoms with Crippen molar-refractivity contribution in [1.29, 1.82) is 0 Å². The molecule has 0 spiro atoms. The third kappa shape index (κ3) is 3.58. The van der Waals surface area contributed by atoms with E-state index in [9.17, 15) is 15.0 Å². The van der Waals surface area contributed by atoms with Crippen LogP contribution in [-0.4, -0.2) is 28.7 Å². The van der Waals surface area contributed by atoms with Crippen molar-refractivity contribution in [3.63, 3.8) is 0 Å². The number of rotatable bonds is 4. The first-order valence-corrected chi connectivity index (χ1v) is 8.40. The average molecular weight is 354 g/mol. The summed E-state index contributed by atoms with van der Waals surface area (Å²) in [4.78, 5) is 12.7. The Morgan fingerprint density at radius 3 is 2.58 bits per heavy atom. The van der Waals surface area contributed by atoms with Gasteiger partial charge in [0.15, 0.2) is 5.78 Å². The molecule has 5 heteroatoms. The van der Waals surface area contributed by atoms with Gasteiger partial charge in [0.25, 0.3) is 0 Å². The molecule has 26 heavy (non-hydrogen) atoms. The molecule has 3 rings (SSSR count). The molecule has 0 saturated heterocycles. The normalized spacial score (nSPS) is 17.1. The van der Waals surface area contributed by atoms with E-state index in [1.807, 2.05) is 30.3 Å². The Morgan fingerprint density at radius 2 is 1.96 bits per heavy atom. The number of ether oxygens (including phenoxy) is 2. The Bertz CT molecular complexity index is 847. The summed E-state index contributed by atoms with van der Waals surface area (Å²) in [5, 5.41) is 20.3. The summed E-state index contributed by atoms with van der Waals surface area (Å²) >= 11 is 0. The molecule has 2 aromatic carbocycles. The number of benzene rings is 2. The number of methoxy groups -OCH3 is 1. The molecule has 0 amide bonds. The fraction of sp³-hybridized carbons (Fsp3) is 0.286. The van der Waals surface area contributed by atoms with Crippen molar-refractivity contribution >= 4 is 11.9 Å². The fourth-order valence-electron chi connectivity index (χ4n) is 2.95. The third-order valence-electron chi connectivity index (χ3n) is 4.22. The minimum Gasteiger partial charge on any atom is -0.507 e. The first-order valence-electron chi connectivity index (χ1n) is 8.40. The van der Waals surface area contributed by atoms with Crippen molar-refractivity contribution in [2.24, 2.45) is 0 Å². The van der Waals surface area contributed by atoms with Crippen LogP contribution in [0.1, 0.15) is 47.9 Å². The lowest BCUT2D eigenvalue weighted by Crippen LogP contribution is -2.21. The second kappa shape index (κ2) is 6.84. The second-order valence-corrected chi connectivity index (χ2v) is 6.85. The predicted octanol–water partition coefficient (Wildman–Crippen LogP) is 3.89. The smallest absolute Gasteiger partial charge is 0.174 e. The van der Waals surface area contributed by atoms with E-state index >= 15 is 0 Å². The Balaban J connectivity index is 2.14. The monoisotopic (exact) mass is 354 g/mol. The lowest BCUT2D eigenvalue weighted by atomic mass is 9.92. The van der Waals surface area contributed by atoms with Crippen LogP contribution in [0.15, 0.2) is 42.5 Å². The van der Waals surface area contributed by atoms with Gasteiger partial charge in [0.1, 0.15) is 28.9 Å². The van der Waals surface area contributed by atoms with E-state index in [4.69, 9.17) is 9.47 Å². The van der Waals surface area contributed by atoms with Crippen molar-refractivity contribution < 1.29 is 24.5 Å². The Morgan fingerprint density at radius 1 is 1.27 bits per heavy atom. The van der Waals surface area contributed by atoms with E-state index in [1.54, 1.807) is 26.0 Å². The van der Waals surface area contributed by atoms with Crippen molar-refractivity contribution in [1.82, 2.24) is 0 Å². The highest BCUT2D eigenvalue weighted by Crippen LogP contribution is 2.46. The van der Waals surface area contributed by atoms with Crippen molar-refractivity contribution in [2.75, 3.05) is 7.11 Å². The van der Waals surface area contributed by atoms with E-state index in [1.165, 1.54) is 13.2 Å². The van der Waals surface area contributed by atoms with Crippen LogP contribution < -0.4 is 9.47 Å². The van der Waals surface area contributed by atoms with Crippen molar-refractivity contribution in [3.05, 3.63) is 59.2 Å². The number of fused-ring (bicyclic) bond motifs is 1. The molecule has 1 heterocycles. The Kier molecular flexibility index (Phi) is 4.74. The molecule has 2 aromatic rings. The van der Waals surface area contributed by atoms with Crippen LogP contribution in [0.2, 0.25) is 0 Å². The largest absolute Gasteiger partial charge is 0.507 e. The van der Waals surface area contributed by atoms with Crippen molar-refractivity contribution in [3.8, 4) is 17.2 Å². The number of carbonyl (C=O) groups excluding carboxylic acids is 1. The number of ketones is 1. The first kappa shape index (κ1) is 18.0. The zero-order chi connectivity index (χ0) is 18.9. The van der Waals surface area contributed by atoms with Crippen LogP contribution in [0.3, 0.4) is 0 Å². The summed E-state index contributed by atoms with van der Waals surface area (Å²) in [6, 6.07) is 10.9. The Hall–Kier alpha value is -2.79. The topological polar surface area (TPSA) is 76.0 Å². The number of aromatic hydroxyl groups is 1. The molecule has 1 aliphatic heterocycles. The van der Waals surface area contributed by atoms with E-state index in [0.717, 1.165) is 5.56 Å². The highest BCUT2D eigenvalue weighted by atomic mass is 16.5. The molecule has 2 N–H and O–H groups in total. The number of phenolic OH excluding ortho intramolecular Hbond substituents is 1. The summed E-state index contributed by atoms with van der Waals surface area (Å²) in [6.07, 6.45) is 2.93. The lowest BCUT2D eigenvalue weighted by Gasteiger charge is -2.28. The second-order valence-electron chi connectivity index (χ2n) is 6.85. The number of phenols is 1. The van der Waals surface area contributed by atoms with Gasteiger partial charge in [-0.15, -0.1) is 0 Å². The molecule has 136 valence electrons. The lowest BCUT2D eigenvalue weighted by molar-refractivity contribution is 0.0844. The average Bonchev–Trinajstić information content (AvgIpc) is 2.60. The molecular weight excluding hydrogens is 332 g/mol. The van der Waals surface area contributed by atoms with Crippen LogP contribution in [0, 0.1) is 0 Å². The fourth-order valence-corrected chi connectivity index (χ4v) is 2.95. The summed E-state index contributed by atoms with van der Waals surface area (Å²) < 4.78 is 11.5. The molecule has 0 unspecified atom stereocenters. The summed E-state index contributed by atoms with van der Waals surface area (Å²) in [7, 11) is 1.47. The third-order valence-corrected chi connectivity index (χ3v) is 4.22. The molecule has 1 atom stereocenters. The van der Waals surface area contributed by atoms with Gasteiger partial charge in [0.05, 0.1) is 24.7 Å². The minimum atomic E-state index is -1.05. The maximum atomic E-state index is 12.7. The van der Waals surface area contributed by atoms with Gasteiger partial charge in [0.2, 0.25) is 0 Å². The SMILES string of the molecule is COc1cc(O)c2c(c1/C=C/C(C)(C)O)O[C@H](c1ccccc1)CC2=O. The van der Waals surface area contributed by atoms with Crippen LogP contribution in [-0.2, 0) is 0 Å². The number of hydrogen-bond acceptors (Lipinski definition) is 5. The quantitative estimate of drug-likeness (QED) is 0.871. The number of Topliss-reactive ketones (excluding diaryl/α,β-unsaturated/α-hetero) is 1.